The molecule has 0 aromatic heterocycles. The fourth-order valence-electron chi connectivity index (χ4n) is 2.11. The first kappa shape index (κ1) is 15.1. The monoisotopic (exact) mass is 294 g/mol. The molecule has 21 heavy (non-hydrogen) atoms. The number of carboxylic acids is 1. The van der Waals surface area contributed by atoms with Gasteiger partial charge in [0.05, 0.1) is 6.42 Å². The quantitative estimate of drug-likeness (QED) is 0.910. The molecule has 2 nitrogen and oxygen atoms in total. The molecule has 0 radical (unpaired) electrons. The van der Waals surface area contributed by atoms with Crippen molar-refractivity contribution in [1.29, 1.82) is 0 Å². The Morgan fingerprint density at radius 2 is 1.71 bits per heavy atom. The second kappa shape index (κ2) is 5.99. The molecule has 0 amide bonds. The van der Waals surface area contributed by atoms with Gasteiger partial charge in [-0.25, -0.2) is 13.2 Å². The number of hydrogen-bond acceptors (Lipinski definition) is 1. The Bertz CT molecular complexity index is 683. The van der Waals surface area contributed by atoms with Crippen LogP contribution >= 0.6 is 0 Å². The molecule has 0 saturated carbocycles. The van der Waals surface area contributed by atoms with Crippen molar-refractivity contribution in [2.45, 2.75) is 19.3 Å². The van der Waals surface area contributed by atoms with E-state index in [1.54, 1.807) is 6.92 Å². The van der Waals surface area contributed by atoms with Gasteiger partial charge in [-0.1, -0.05) is 19.1 Å². The van der Waals surface area contributed by atoms with Crippen molar-refractivity contribution in [3.63, 3.8) is 0 Å². The minimum atomic E-state index is -1.06. The van der Waals surface area contributed by atoms with Gasteiger partial charge in [0.25, 0.3) is 0 Å². The number of rotatable bonds is 4. The maximum atomic E-state index is 13.9. The van der Waals surface area contributed by atoms with Crippen molar-refractivity contribution < 1.29 is 23.1 Å². The zero-order valence-electron chi connectivity index (χ0n) is 11.2. The predicted octanol–water partition coefficient (Wildman–Crippen LogP) is 4.35. The minimum Gasteiger partial charge on any atom is -0.481 e. The smallest absolute Gasteiger partial charge is 0.303 e. The van der Waals surface area contributed by atoms with Crippen molar-refractivity contribution in [2.75, 3.05) is 0 Å². The Morgan fingerprint density at radius 1 is 1.05 bits per heavy atom. The van der Waals surface area contributed by atoms with E-state index in [1.165, 1.54) is 24.3 Å². The van der Waals surface area contributed by atoms with Crippen molar-refractivity contribution in [1.82, 2.24) is 0 Å². The van der Waals surface area contributed by atoms with Crippen LogP contribution in [0.4, 0.5) is 13.2 Å². The number of carboxylic acid groups (broad SMARTS) is 1. The summed E-state index contributed by atoms with van der Waals surface area (Å²) in [5.74, 6) is -3.91. The van der Waals surface area contributed by atoms with Gasteiger partial charge in [-0.15, -0.1) is 0 Å². The van der Waals surface area contributed by atoms with E-state index in [1.807, 2.05) is 0 Å². The summed E-state index contributed by atoms with van der Waals surface area (Å²) < 4.78 is 40.1. The summed E-state index contributed by atoms with van der Waals surface area (Å²) in [6.07, 6.45) is -0.0944. The zero-order chi connectivity index (χ0) is 15.6. The van der Waals surface area contributed by atoms with Crippen LogP contribution in [0.5, 0.6) is 0 Å². The summed E-state index contributed by atoms with van der Waals surface area (Å²) in [5.41, 5.74) is 0.943. The van der Waals surface area contributed by atoms with Crippen LogP contribution in [0.25, 0.3) is 11.1 Å². The third-order valence-electron chi connectivity index (χ3n) is 3.27. The Hall–Kier alpha value is -2.30. The molecule has 110 valence electrons. The summed E-state index contributed by atoms with van der Waals surface area (Å²) in [6.45, 7) is 1.70. The van der Waals surface area contributed by atoms with E-state index in [4.69, 9.17) is 5.11 Å². The molecule has 2 rings (SSSR count). The Labute approximate surface area is 119 Å². The van der Waals surface area contributed by atoms with Gasteiger partial charge >= 0.3 is 5.97 Å². The summed E-state index contributed by atoms with van der Waals surface area (Å²) >= 11 is 0. The summed E-state index contributed by atoms with van der Waals surface area (Å²) in [6, 6.07) is 7.28. The molecule has 0 saturated heterocycles. The van der Waals surface area contributed by atoms with E-state index in [-0.39, 0.29) is 23.5 Å². The van der Waals surface area contributed by atoms with Crippen molar-refractivity contribution in [2.24, 2.45) is 0 Å². The molecule has 0 aliphatic rings. The zero-order valence-corrected chi connectivity index (χ0v) is 11.2. The maximum absolute atomic E-state index is 13.9. The normalized spacial score (nSPS) is 12.2. The van der Waals surface area contributed by atoms with Crippen LogP contribution in [0.1, 0.15) is 24.8 Å². The minimum absolute atomic E-state index is 0.0944. The molecule has 1 atom stereocenters. The molecule has 1 N–H and O–H groups in total. The van der Waals surface area contributed by atoms with Crippen LogP contribution < -0.4 is 0 Å². The van der Waals surface area contributed by atoms with Gasteiger partial charge in [-0.2, -0.15) is 0 Å². The van der Waals surface area contributed by atoms with Crippen LogP contribution in [0, 0.1) is 17.5 Å². The number of benzene rings is 2. The molecule has 0 spiro atoms. The largest absolute Gasteiger partial charge is 0.481 e. The average molecular weight is 294 g/mol. The molecule has 0 aliphatic carbocycles. The highest BCUT2D eigenvalue weighted by atomic mass is 19.2. The second-order valence-corrected chi connectivity index (χ2v) is 4.87. The van der Waals surface area contributed by atoms with Crippen LogP contribution in [0.3, 0.4) is 0 Å². The first-order chi connectivity index (χ1) is 9.88. The molecule has 0 aliphatic heterocycles. The summed E-state index contributed by atoms with van der Waals surface area (Å²) in [4.78, 5) is 10.7. The van der Waals surface area contributed by atoms with Gasteiger partial charge in [0.1, 0.15) is 5.82 Å². The van der Waals surface area contributed by atoms with Gasteiger partial charge in [0.2, 0.25) is 0 Å². The average Bonchev–Trinajstić information content (AvgIpc) is 2.41. The molecule has 0 heterocycles. The molecular formula is C16H13F3O2. The fourth-order valence-corrected chi connectivity index (χ4v) is 2.11. The number of halogens is 3. The van der Waals surface area contributed by atoms with Gasteiger partial charge in [0.15, 0.2) is 11.6 Å². The standard InChI is InChI=1S/C16H13F3O2/c1-9(6-16(20)21)10-2-4-13(17)12(7-10)11-3-5-14(18)15(19)8-11/h2-5,7-9H,6H2,1H3,(H,20,21). The first-order valence-corrected chi connectivity index (χ1v) is 6.35. The van der Waals surface area contributed by atoms with Crippen LogP contribution in [0.2, 0.25) is 0 Å². The summed E-state index contributed by atoms with van der Waals surface area (Å²) in [5, 5.41) is 8.79. The lowest BCUT2D eigenvalue weighted by Gasteiger charge is -2.12. The third-order valence-corrected chi connectivity index (χ3v) is 3.27. The molecule has 0 bridgehead atoms. The molecule has 2 aromatic carbocycles. The Balaban J connectivity index is 2.43. The molecule has 2 aromatic rings. The predicted molar refractivity (Wildman–Crippen MR) is 72.4 cm³/mol. The maximum Gasteiger partial charge on any atom is 0.303 e. The lowest BCUT2D eigenvalue weighted by molar-refractivity contribution is -0.137. The van der Waals surface area contributed by atoms with Crippen molar-refractivity contribution in [3.8, 4) is 11.1 Å². The van der Waals surface area contributed by atoms with Crippen LogP contribution in [0.15, 0.2) is 36.4 Å². The number of hydrogen-bond donors (Lipinski definition) is 1. The van der Waals surface area contributed by atoms with Crippen LogP contribution in [-0.2, 0) is 4.79 Å². The van der Waals surface area contributed by atoms with Gasteiger partial charge in [-0.05, 0) is 41.3 Å². The molecule has 5 heteroatoms. The molecular weight excluding hydrogens is 281 g/mol. The first-order valence-electron chi connectivity index (χ1n) is 6.35. The van der Waals surface area contributed by atoms with E-state index in [0.717, 1.165) is 12.1 Å². The third kappa shape index (κ3) is 3.42. The second-order valence-electron chi connectivity index (χ2n) is 4.87. The van der Waals surface area contributed by atoms with Crippen LogP contribution in [-0.4, -0.2) is 11.1 Å². The van der Waals surface area contributed by atoms with E-state index >= 15 is 0 Å². The number of aliphatic carboxylic acids is 1. The highest BCUT2D eigenvalue weighted by Crippen LogP contribution is 2.29. The van der Waals surface area contributed by atoms with E-state index in [2.05, 4.69) is 0 Å². The molecule has 1 unspecified atom stereocenters. The topological polar surface area (TPSA) is 37.3 Å². The van der Waals surface area contributed by atoms with Gasteiger partial charge < -0.3 is 5.11 Å². The van der Waals surface area contributed by atoms with Crippen molar-refractivity contribution >= 4 is 5.97 Å². The lowest BCUT2D eigenvalue weighted by atomic mass is 9.94. The molecule has 0 fully saturated rings. The van der Waals surface area contributed by atoms with E-state index < -0.39 is 23.4 Å². The highest BCUT2D eigenvalue weighted by Gasteiger charge is 2.14. The lowest BCUT2D eigenvalue weighted by Crippen LogP contribution is -2.03. The van der Waals surface area contributed by atoms with Crippen molar-refractivity contribution in [3.05, 3.63) is 59.4 Å². The Kier molecular flexibility index (Phi) is 4.31. The highest BCUT2D eigenvalue weighted by molar-refractivity contribution is 5.69. The van der Waals surface area contributed by atoms with Gasteiger partial charge in [-0.3, -0.25) is 4.79 Å². The SMILES string of the molecule is CC(CC(=O)O)c1ccc(F)c(-c2ccc(F)c(F)c2)c1. The summed E-state index contributed by atoms with van der Waals surface area (Å²) in [7, 11) is 0. The fraction of sp³-hybridized carbons (Fsp3) is 0.188. The Morgan fingerprint density at radius 3 is 2.33 bits per heavy atom. The number of carbonyl (C=O) groups is 1. The van der Waals surface area contributed by atoms with Gasteiger partial charge in [0, 0.05) is 5.56 Å². The van der Waals surface area contributed by atoms with E-state index in [0.29, 0.717) is 5.56 Å². The van der Waals surface area contributed by atoms with E-state index in [9.17, 15) is 18.0 Å².